The predicted octanol–water partition coefficient (Wildman–Crippen LogP) is 4.03. The summed E-state index contributed by atoms with van der Waals surface area (Å²) in [5, 5.41) is 2.68. The van der Waals surface area contributed by atoms with Crippen LogP contribution in [0.2, 0.25) is 15.1 Å². The Morgan fingerprint density at radius 3 is 2.37 bits per heavy atom. The fourth-order valence-corrected chi connectivity index (χ4v) is 6.17. The van der Waals surface area contributed by atoms with Crippen molar-refractivity contribution in [3.05, 3.63) is 98.2 Å². The van der Waals surface area contributed by atoms with E-state index in [0.717, 1.165) is 38.5 Å². The molecular weight excluding hydrogens is 578 g/mol. The highest BCUT2D eigenvalue weighted by molar-refractivity contribution is 7.89. The first-order chi connectivity index (χ1) is 18.0. The Morgan fingerprint density at radius 1 is 0.947 bits per heavy atom. The number of nitrogens with zero attached hydrogens (tertiary/aromatic N) is 2. The van der Waals surface area contributed by atoms with E-state index in [1.807, 2.05) is 12.1 Å². The number of benzene rings is 3. The van der Waals surface area contributed by atoms with E-state index in [0.29, 0.717) is 6.54 Å². The van der Waals surface area contributed by atoms with Gasteiger partial charge in [-0.1, -0.05) is 59.1 Å². The van der Waals surface area contributed by atoms with Crippen LogP contribution in [0.1, 0.15) is 21.5 Å². The number of carbonyl (C=O) groups is 2. The molecule has 13 heteroatoms. The van der Waals surface area contributed by atoms with E-state index >= 15 is 0 Å². The second kappa shape index (κ2) is 11.6. The quantitative estimate of drug-likeness (QED) is 0.426. The number of carbonyl (C=O) groups excluding carboxylic acids is 2. The van der Waals surface area contributed by atoms with Gasteiger partial charge in [0.15, 0.2) is 6.17 Å². The van der Waals surface area contributed by atoms with Crippen molar-refractivity contribution in [3.8, 4) is 0 Å². The van der Waals surface area contributed by atoms with Crippen LogP contribution in [0.25, 0.3) is 0 Å². The van der Waals surface area contributed by atoms with Crippen molar-refractivity contribution in [2.45, 2.75) is 24.2 Å². The normalized spacial score (nSPS) is 16.0. The van der Waals surface area contributed by atoms with Crippen LogP contribution in [0.4, 0.5) is 4.39 Å². The lowest BCUT2D eigenvalue weighted by Crippen LogP contribution is -2.53. The van der Waals surface area contributed by atoms with E-state index in [9.17, 15) is 22.4 Å². The van der Waals surface area contributed by atoms with E-state index in [1.165, 1.54) is 18.2 Å². The van der Waals surface area contributed by atoms with Crippen molar-refractivity contribution >= 4 is 56.6 Å². The Kier molecular flexibility index (Phi) is 8.61. The molecule has 1 heterocycles. The molecule has 38 heavy (non-hydrogen) atoms. The molecule has 200 valence electrons. The Labute approximate surface area is 234 Å². The molecule has 0 saturated carbocycles. The number of halogens is 4. The molecule has 1 aliphatic heterocycles. The maximum atomic E-state index is 13.7. The van der Waals surface area contributed by atoms with Gasteiger partial charge in [-0.05, 0) is 47.5 Å². The van der Waals surface area contributed by atoms with Crippen LogP contribution in [-0.2, 0) is 27.9 Å². The van der Waals surface area contributed by atoms with Gasteiger partial charge >= 0.3 is 0 Å². The molecule has 8 nitrogen and oxygen atoms in total. The molecule has 0 aromatic heterocycles. The van der Waals surface area contributed by atoms with E-state index in [2.05, 4.69) is 5.32 Å². The van der Waals surface area contributed by atoms with Crippen molar-refractivity contribution < 1.29 is 22.4 Å². The molecule has 1 atom stereocenters. The second-order valence-corrected chi connectivity index (χ2v) is 11.5. The van der Waals surface area contributed by atoms with Crippen molar-refractivity contribution in [1.82, 2.24) is 14.5 Å². The van der Waals surface area contributed by atoms with Gasteiger partial charge in [0, 0.05) is 31.7 Å². The van der Waals surface area contributed by atoms with Gasteiger partial charge in [-0.25, -0.2) is 12.8 Å². The van der Waals surface area contributed by atoms with E-state index < -0.39 is 38.8 Å². The standard InChI is InChI=1S/C25H22Cl3FN4O4S/c26-19-6-4-17(11-20(19)27)25(35)32-8-9-33(38(36,37)18-5-7-22(29)21(28)12-18)24(32)23(34)31-14-16-3-1-2-15(10-16)13-30/h1-7,10-12,24H,8-9,13-14,30H2,(H,31,34). The largest absolute Gasteiger partial charge is 0.349 e. The molecule has 1 saturated heterocycles. The third-order valence-corrected chi connectivity index (χ3v) is 8.86. The van der Waals surface area contributed by atoms with Crippen molar-refractivity contribution in [2.24, 2.45) is 5.73 Å². The van der Waals surface area contributed by atoms with Gasteiger partial charge in [0.2, 0.25) is 10.0 Å². The summed E-state index contributed by atoms with van der Waals surface area (Å²) in [5.74, 6) is -2.15. The second-order valence-electron chi connectivity index (χ2n) is 8.43. The van der Waals surface area contributed by atoms with Crippen molar-refractivity contribution in [3.63, 3.8) is 0 Å². The topological polar surface area (TPSA) is 113 Å². The van der Waals surface area contributed by atoms with Crippen molar-refractivity contribution in [1.29, 1.82) is 0 Å². The van der Waals surface area contributed by atoms with Crippen LogP contribution in [0.15, 0.2) is 65.6 Å². The average Bonchev–Trinajstić information content (AvgIpc) is 3.36. The predicted molar refractivity (Wildman–Crippen MR) is 143 cm³/mol. The summed E-state index contributed by atoms with van der Waals surface area (Å²) in [6.45, 7) is 0.0932. The molecule has 0 radical (unpaired) electrons. The lowest BCUT2D eigenvalue weighted by Gasteiger charge is -2.29. The molecule has 0 aliphatic carbocycles. The van der Waals surface area contributed by atoms with Crippen LogP contribution in [0.5, 0.6) is 0 Å². The van der Waals surface area contributed by atoms with E-state index in [4.69, 9.17) is 40.5 Å². The molecule has 2 amide bonds. The zero-order valence-corrected chi connectivity index (χ0v) is 22.8. The third kappa shape index (κ3) is 5.80. The summed E-state index contributed by atoms with van der Waals surface area (Å²) in [6, 6.07) is 14.3. The lowest BCUT2D eigenvalue weighted by molar-refractivity contribution is -0.127. The number of hydrogen-bond donors (Lipinski definition) is 2. The third-order valence-electron chi connectivity index (χ3n) is 5.98. The first kappa shape index (κ1) is 28.3. The molecule has 1 unspecified atom stereocenters. The zero-order chi connectivity index (χ0) is 27.6. The smallest absolute Gasteiger partial charge is 0.259 e. The zero-order valence-electron chi connectivity index (χ0n) is 19.7. The molecule has 3 N–H and O–H groups in total. The summed E-state index contributed by atoms with van der Waals surface area (Å²) in [4.78, 5) is 27.7. The number of nitrogens with one attached hydrogen (secondary N) is 1. The van der Waals surface area contributed by atoms with Crippen LogP contribution in [0.3, 0.4) is 0 Å². The summed E-state index contributed by atoms with van der Waals surface area (Å²) in [6.07, 6.45) is -1.54. The van der Waals surface area contributed by atoms with Crippen LogP contribution < -0.4 is 11.1 Å². The molecule has 0 bridgehead atoms. The van der Waals surface area contributed by atoms with Gasteiger partial charge in [0.05, 0.1) is 20.0 Å². The summed E-state index contributed by atoms with van der Waals surface area (Å²) >= 11 is 17.9. The highest BCUT2D eigenvalue weighted by Gasteiger charge is 2.46. The van der Waals surface area contributed by atoms with Gasteiger partial charge in [0.25, 0.3) is 11.8 Å². The molecule has 1 fully saturated rings. The van der Waals surface area contributed by atoms with E-state index in [-0.39, 0.29) is 40.1 Å². The molecule has 1 aliphatic rings. The van der Waals surface area contributed by atoms with Gasteiger partial charge in [-0.3, -0.25) is 9.59 Å². The Hall–Kier alpha value is -2.73. The summed E-state index contributed by atoms with van der Waals surface area (Å²) < 4.78 is 41.7. The van der Waals surface area contributed by atoms with E-state index in [1.54, 1.807) is 12.1 Å². The van der Waals surface area contributed by atoms with Crippen LogP contribution in [-0.4, -0.2) is 48.7 Å². The fraction of sp³-hybridized carbons (Fsp3) is 0.200. The average molecular weight is 600 g/mol. The maximum Gasteiger partial charge on any atom is 0.259 e. The number of hydrogen-bond acceptors (Lipinski definition) is 5. The minimum absolute atomic E-state index is 0.0637. The molecule has 4 rings (SSSR count). The minimum atomic E-state index is -4.37. The van der Waals surface area contributed by atoms with Crippen LogP contribution in [0, 0.1) is 5.82 Å². The monoisotopic (exact) mass is 598 g/mol. The molecule has 3 aromatic rings. The first-order valence-electron chi connectivity index (χ1n) is 11.3. The SMILES string of the molecule is NCc1cccc(CNC(=O)C2N(C(=O)c3ccc(Cl)c(Cl)c3)CCN2S(=O)(=O)c2ccc(F)c(Cl)c2)c1. The minimum Gasteiger partial charge on any atom is -0.349 e. The number of sulfonamides is 1. The summed E-state index contributed by atoms with van der Waals surface area (Å²) in [5.41, 5.74) is 7.40. The Bertz CT molecular complexity index is 1510. The van der Waals surface area contributed by atoms with Crippen molar-refractivity contribution in [2.75, 3.05) is 13.1 Å². The Morgan fingerprint density at radius 2 is 1.68 bits per heavy atom. The van der Waals surface area contributed by atoms with Gasteiger partial charge in [-0.2, -0.15) is 4.31 Å². The maximum absolute atomic E-state index is 13.7. The number of amides is 2. The fourth-order valence-electron chi connectivity index (χ4n) is 4.06. The highest BCUT2D eigenvalue weighted by Crippen LogP contribution is 2.30. The van der Waals surface area contributed by atoms with Gasteiger partial charge in [-0.15, -0.1) is 0 Å². The first-order valence-corrected chi connectivity index (χ1v) is 13.9. The molecular formula is C25H22Cl3FN4O4S. The van der Waals surface area contributed by atoms with Gasteiger partial charge in [0.1, 0.15) is 5.82 Å². The van der Waals surface area contributed by atoms with Crippen LogP contribution >= 0.6 is 34.8 Å². The lowest BCUT2D eigenvalue weighted by atomic mass is 10.1. The molecule has 0 spiro atoms. The highest BCUT2D eigenvalue weighted by atomic mass is 35.5. The summed E-state index contributed by atoms with van der Waals surface area (Å²) in [7, 11) is -4.37. The number of nitrogens with two attached hydrogens (primary N) is 1. The van der Waals surface area contributed by atoms with Gasteiger partial charge < -0.3 is 16.0 Å². The molecule has 3 aromatic carbocycles. The number of rotatable bonds is 7. The Balaban J connectivity index is 1.68.